The number of hydrogen-bond donors (Lipinski definition) is 1. The topological polar surface area (TPSA) is 75.6 Å². The number of aryl methyl sites for hydroxylation is 2. The highest BCUT2D eigenvalue weighted by molar-refractivity contribution is 7.99. The van der Waals surface area contributed by atoms with Gasteiger partial charge in [0.1, 0.15) is 16.1 Å². The van der Waals surface area contributed by atoms with E-state index in [0.717, 1.165) is 16.3 Å². The molecule has 2 rings (SSSR count). The number of nitrogens with zero attached hydrogens (tertiary/aromatic N) is 3. The Labute approximate surface area is 110 Å². The molecule has 2 heterocycles. The predicted molar refractivity (Wildman–Crippen MR) is 71.2 cm³/mol. The molecule has 2 aromatic rings. The molecule has 0 spiro atoms. The zero-order valence-corrected chi connectivity index (χ0v) is 11.0. The van der Waals surface area contributed by atoms with Gasteiger partial charge in [-0.15, -0.1) is 0 Å². The van der Waals surface area contributed by atoms with Crippen LogP contribution in [0.1, 0.15) is 16.8 Å². The van der Waals surface area contributed by atoms with Crippen molar-refractivity contribution in [3.63, 3.8) is 0 Å². The van der Waals surface area contributed by atoms with Crippen molar-refractivity contribution in [1.82, 2.24) is 9.97 Å². The van der Waals surface area contributed by atoms with Crippen molar-refractivity contribution in [1.29, 1.82) is 5.26 Å². The largest absolute Gasteiger partial charge is 0.395 e. The summed E-state index contributed by atoms with van der Waals surface area (Å²) in [4.78, 5) is 8.60. The normalized spacial score (nSPS) is 10.1. The van der Waals surface area contributed by atoms with Crippen molar-refractivity contribution in [3.8, 4) is 6.07 Å². The second kappa shape index (κ2) is 5.07. The lowest BCUT2D eigenvalue weighted by atomic mass is 10.2. The van der Waals surface area contributed by atoms with Gasteiger partial charge in [0.15, 0.2) is 0 Å². The first-order valence-electron chi connectivity index (χ1n) is 5.38. The molecule has 90 valence electrons. The molecule has 5 heteroatoms. The Morgan fingerprint density at radius 2 is 2.11 bits per heavy atom. The van der Waals surface area contributed by atoms with Crippen LogP contribution < -0.4 is 5.73 Å². The third-order valence-electron chi connectivity index (χ3n) is 2.35. The lowest BCUT2D eigenvalue weighted by Crippen LogP contribution is -1.96. The molecule has 0 fully saturated rings. The highest BCUT2D eigenvalue weighted by Gasteiger charge is 2.09. The van der Waals surface area contributed by atoms with E-state index in [4.69, 9.17) is 11.0 Å². The third-order valence-corrected chi connectivity index (χ3v) is 3.29. The van der Waals surface area contributed by atoms with E-state index in [-0.39, 0.29) is 0 Å². The first kappa shape index (κ1) is 12.4. The summed E-state index contributed by atoms with van der Waals surface area (Å²) in [6.07, 6.45) is 1.58. The van der Waals surface area contributed by atoms with Gasteiger partial charge in [-0.2, -0.15) is 5.26 Å². The van der Waals surface area contributed by atoms with E-state index >= 15 is 0 Å². The van der Waals surface area contributed by atoms with Crippen LogP contribution in [0.25, 0.3) is 0 Å². The van der Waals surface area contributed by atoms with Gasteiger partial charge in [-0.05, 0) is 49.4 Å². The summed E-state index contributed by atoms with van der Waals surface area (Å²) in [6, 6.07) is 7.63. The Kier molecular flexibility index (Phi) is 3.49. The number of nitriles is 1. The van der Waals surface area contributed by atoms with E-state index in [1.165, 1.54) is 11.8 Å². The third kappa shape index (κ3) is 2.60. The summed E-state index contributed by atoms with van der Waals surface area (Å²) in [6.45, 7) is 3.96. The van der Waals surface area contributed by atoms with Crippen LogP contribution in [0.2, 0.25) is 0 Å². The van der Waals surface area contributed by atoms with Gasteiger partial charge in [-0.25, -0.2) is 9.97 Å². The van der Waals surface area contributed by atoms with Crippen molar-refractivity contribution >= 4 is 17.4 Å². The van der Waals surface area contributed by atoms with Crippen LogP contribution >= 0.6 is 11.8 Å². The molecule has 0 unspecified atom stereocenters. The molecule has 0 atom stereocenters. The SMILES string of the molecule is Cc1cc(C)nc(Sc2nccc(C#N)c2N)c1. The minimum absolute atomic E-state index is 0.408. The Balaban J connectivity index is 2.37. The molecular formula is C13H12N4S. The van der Waals surface area contributed by atoms with Gasteiger partial charge < -0.3 is 5.73 Å². The van der Waals surface area contributed by atoms with Crippen molar-refractivity contribution in [2.45, 2.75) is 23.9 Å². The molecule has 2 aromatic heterocycles. The number of anilines is 1. The maximum Gasteiger partial charge on any atom is 0.127 e. The maximum atomic E-state index is 8.91. The van der Waals surface area contributed by atoms with Gasteiger partial charge in [0, 0.05) is 11.9 Å². The smallest absolute Gasteiger partial charge is 0.127 e. The highest BCUT2D eigenvalue weighted by Crippen LogP contribution is 2.30. The molecule has 0 aromatic carbocycles. The van der Waals surface area contributed by atoms with Crippen molar-refractivity contribution in [2.75, 3.05) is 5.73 Å². The lowest BCUT2D eigenvalue weighted by molar-refractivity contribution is 1.04. The molecule has 4 nitrogen and oxygen atoms in total. The predicted octanol–water partition coefficient (Wildman–Crippen LogP) is 2.70. The van der Waals surface area contributed by atoms with Gasteiger partial charge in [-0.3, -0.25) is 0 Å². The van der Waals surface area contributed by atoms with Crippen LogP contribution in [0.3, 0.4) is 0 Å². The zero-order chi connectivity index (χ0) is 13.1. The van der Waals surface area contributed by atoms with Crippen LogP contribution in [0.5, 0.6) is 0 Å². The van der Waals surface area contributed by atoms with Gasteiger partial charge in [-0.1, -0.05) is 0 Å². The quantitative estimate of drug-likeness (QED) is 0.894. The van der Waals surface area contributed by atoms with Crippen LogP contribution in [-0.2, 0) is 0 Å². The molecule has 0 amide bonds. The number of pyridine rings is 2. The standard InChI is InChI=1S/C13H12N4S/c1-8-5-9(2)17-11(6-8)18-13-12(15)10(7-14)3-4-16-13/h3-6H,15H2,1-2H3. The Morgan fingerprint density at radius 1 is 1.33 bits per heavy atom. The van der Waals surface area contributed by atoms with E-state index in [2.05, 4.69) is 9.97 Å². The molecule has 0 saturated carbocycles. The molecule has 2 N–H and O–H groups in total. The van der Waals surface area contributed by atoms with Gasteiger partial charge in [0.05, 0.1) is 11.3 Å². The van der Waals surface area contributed by atoms with Crippen LogP contribution in [0.4, 0.5) is 5.69 Å². The van der Waals surface area contributed by atoms with E-state index in [1.54, 1.807) is 12.3 Å². The highest BCUT2D eigenvalue weighted by atomic mass is 32.2. The van der Waals surface area contributed by atoms with Crippen LogP contribution in [0, 0.1) is 25.2 Å². The summed E-state index contributed by atoms with van der Waals surface area (Å²) in [5, 5.41) is 10.4. The van der Waals surface area contributed by atoms with Gasteiger partial charge in [0.2, 0.25) is 0 Å². The van der Waals surface area contributed by atoms with Crippen LogP contribution in [-0.4, -0.2) is 9.97 Å². The number of nitrogens with two attached hydrogens (primary N) is 1. The minimum atomic E-state index is 0.408. The molecule has 0 aliphatic heterocycles. The van der Waals surface area contributed by atoms with Crippen molar-refractivity contribution < 1.29 is 0 Å². The Hall–Kier alpha value is -2.06. The zero-order valence-electron chi connectivity index (χ0n) is 10.1. The van der Waals surface area contributed by atoms with E-state index < -0.39 is 0 Å². The fourth-order valence-electron chi connectivity index (χ4n) is 1.59. The van der Waals surface area contributed by atoms with E-state index in [0.29, 0.717) is 16.3 Å². The molecule has 0 saturated heterocycles. The second-order valence-corrected chi connectivity index (χ2v) is 4.92. The van der Waals surface area contributed by atoms with Crippen molar-refractivity contribution in [2.24, 2.45) is 0 Å². The number of rotatable bonds is 2. The number of aromatic nitrogens is 2. The number of nitrogen functional groups attached to an aromatic ring is 1. The van der Waals surface area contributed by atoms with Gasteiger partial charge >= 0.3 is 0 Å². The number of hydrogen-bond acceptors (Lipinski definition) is 5. The molecule has 0 aliphatic carbocycles. The average molecular weight is 256 g/mol. The van der Waals surface area contributed by atoms with Crippen LogP contribution in [0.15, 0.2) is 34.4 Å². The Bertz CT molecular complexity index is 611. The summed E-state index contributed by atoms with van der Waals surface area (Å²) < 4.78 is 0. The molecule has 0 radical (unpaired) electrons. The van der Waals surface area contributed by atoms with E-state index in [9.17, 15) is 0 Å². The fourth-order valence-corrected chi connectivity index (χ4v) is 2.55. The molecule has 18 heavy (non-hydrogen) atoms. The van der Waals surface area contributed by atoms with Gasteiger partial charge in [0.25, 0.3) is 0 Å². The average Bonchev–Trinajstić information content (AvgIpc) is 2.30. The first-order valence-corrected chi connectivity index (χ1v) is 6.19. The second-order valence-electron chi connectivity index (χ2n) is 3.92. The molecule has 0 aliphatic rings. The minimum Gasteiger partial charge on any atom is -0.395 e. The maximum absolute atomic E-state index is 8.91. The molecular weight excluding hydrogens is 244 g/mol. The molecule has 0 bridgehead atoms. The van der Waals surface area contributed by atoms with E-state index in [1.807, 2.05) is 32.0 Å². The van der Waals surface area contributed by atoms with Crippen molar-refractivity contribution in [3.05, 3.63) is 41.2 Å². The Morgan fingerprint density at radius 3 is 2.78 bits per heavy atom. The monoisotopic (exact) mass is 256 g/mol. The fraction of sp³-hybridized carbons (Fsp3) is 0.154. The summed E-state index contributed by atoms with van der Waals surface area (Å²) in [5.74, 6) is 0. The lowest BCUT2D eigenvalue weighted by Gasteiger charge is -2.06. The summed E-state index contributed by atoms with van der Waals surface area (Å²) in [7, 11) is 0. The summed E-state index contributed by atoms with van der Waals surface area (Å²) in [5.41, 5.74) is 8.82. The summed E-state index contributed by atoms with van der Waals surface area (Å²) >= 11 is 1.37. The first-order chi connectivity index (χ1) is 8.60.